The van der Waals surface area contributed by atoms with Crippen LogP contribution in [0.25, 0.3) is 11.3 Å². The van der Waals surface area contributed by atoms with E-state index in [0.717, 1.165) is 42.0 Å². The summed E-state index contributed by atoms with van der Waals surface area (Å²) >= 11 is 0. The maximum Gasteiger partial charge on any atom is 0.573 e. The van der Waals surface area contributed by atoms with E-state index < -0.39 is 6.36 Å². The van der Waals surface area contributed by atoms with Gasteiger partial charge in [-0.15, -0.1) is 13.2 Å². The van der Waals surface area contributed by atoms with E-state index in [1.807, 2.05) is 6.07 Å². The molecule has 29 heavy (non-hydrogen) atoms. The van der Waals surface area contributed by atoms with Crippen molar-refractivity contribution in [2.24, 2.45) is 0 Å². The van der Waals surface area contributed by atoms with Gasteiger partial charge in [0.15, 0.2) is 0 Å². The number of rotatable bonds is 4. The Hall–Kier alpha value is -2.87. The topological polar surface area (TPSA) is 49.9 Å². The molecule has 2 N–H and O–H groups in total. The highest BCUT2D eigenvalue weighted by Crippen LogP contribution is 2.34. The van der Waals surface area contributed by atoms with Crippen molar-refractivity contribution in [2.75, 3.05) is 13.1 Å². The van der Waals surface area contributed by atoms with Crippen LogP contribution in [0.2, 0.25) is 0 Å². The highest BCUT2D eigenvalue weighted by molar-refractivity contribution is 5.59. The molecule has 2 heterocycles. The number of aromatic nitrogens is 2. The summed E-state index contributed by atoms with van der Waals surface area (Å²) in [6, 6.07) is 14.2. The van der Waals surface area contributed by atoms with Gasteiger partial charge in [0.25, 0.3) is 0 Å². The second kappa shape index (κ2) is 7.87. The maximum atomic E-state index is 13.1. The molecule has 1 aliphatic heterocycles. The molecule has 2 aromatic carbocycles. The van der Waals surface area contributed by atoms with Gasteiger partial charge in [-0.3, -0.25) is 5.10 Å². The number of benzene rings is 2. The standard InChI is InChI=1S/C21H19F4N3O/c22-17-5-1-14(2-6-17)19-10-20(28-27-19)16-9-15(11-26-12-16)13-3-7-18(8-4-13)29-21(23,24)25/h1-8,10,15-16,26H,9,11-12H2,(H,27,28). The third-order valence-electron chi connectivity index (χ3n) is 5.11. The first-order valence-electron chi connectivity index (χ1n) is 9.25. The first-order valence-corrected chi connectivity index (χ1v) is 9.25. The van der Waals surface area contributed by atoms with Crippen molar-refractivity contribution in [3.8, 4) is 17.0 Å². The Bertz CT molecular complexity index is 951. The van der Waals surface area contributed by atoms with Crippen LogP contribution in [-0.4, -0.2) is 29.6 Å². The molecular formula is C21H19F4N3O. The van der Waals surface area contributed by atoms with Crippen LogP contribution in [0.1, 0.15) is 29.5 Å². The van der Waals surface area contributed by atoms with Crippen molar-refractivity contribution >= 4 is 0 Å². The molecule has 0 aliphatic carbocycles. The fourth-order valence-electron chi connectivity index (χ4n) is 3.69. The lowest BCUT2D eigenvalue weighted by Gasteiger charge is -2.29. The predicted molar refractivity (Wildman–Crippen MR) is 100 cm³/mol. The summed E-state index contributed by atoms with van der Waals surface area (Å²) in [5.41, 5.74) is 3.50. The van der Waals surface area contributed by atoms with Crippen molar-refractivity contribution < 1.29 is 22.3 Å². The van der Waals surface area contributed by atoms with Gasteiger partial charge in [-0.1, -0.05) is 12.1 Å². The number of ether oxygens (including phenoxy) is 1. The molecule has 3 aromatic rings. The molecule has 1 fully saturated rings. The van der Waals surface area contributed by atoms with Crippen LogP contribution in [0.3, 0.4) is 0 Å². The first-order chi connectivity index (χ1) is 13.9. The van der Waals surface area contributed by atoms with E-state index >= 15 is 0 Å². The number of halogens is 4. The Balaban J connectivity index is 1.45. The molecule has 0 spiro atoms. The van der Waals surface area contributed by atoms with Gasteiger partial charge in [0.05, 0.1) is 5.69 Å². The van der Waals surface area contributed by atoms with Crippen LogP contribution in [0.5, 0.6) is 5.75 Å². The average molecular weight is 405 g/mol. The van der Waals surface area contributed by atoms with Crippen LogP contribution >= 0.6 is 0 Å². The minimum absolute atomic E-state index is 0.159. The zero-order valence-corrected chi connectivity index (χ0v) is 15.3. The first kappa shape index (κ1) is 19.4. The van der Waals surface area contributed by atoms with Crippen molar-refractivity contribution in [3.05, 3.63) is 71.7 Å². The van der Waals surface area contributed by atoms with E-state index in [0.29, 0.717) is 0 Å². The summed E-state index contributed by atoms with van der Waals surface area (Å²) in [7, 11) is 0. The SMILES string of the molecule is Fc1ccc(-c2cc(C3CNCC(c4ccc(OC(F)(F)F)cc4)C3)[nH]n2)cc1. The largest absolute Gasteiger partial charge is 0.573 e. The van der Waals surface area contributed by atoms with E-state index in [1.165, 1.54) is 24.3 Å². The Kier molecular flexibility index (Phi) is 5.27. The molecule has 1 aromatic heterocycles. The summed E-state index contributed by atoms with van der Waals surface area (Å²) in [5.74, 6) is -0.178. The molecule has 1 saturated heterocycles. The fraction of sp³-hybridized carbons (Fsp3) is 0.286. The number of nitrogens with one attached hydrogen (secondary N) is 2. The van der Waals surface area contributed by atoms with Gasteiger partial charge in [-0.05, 0) is 60.4 Å². The van der Waals surface area contributed by atoms with Crippen LogP contribution in [0, 0.1) is 5.82 Å². The predicted octanol–water partition coefficient (Wildman–Crippen LogP) is 4.98. The normalized spacial score (nSPS) is 19.9. The van der Waals surface area contributed by atoms with E-state index in [-0.39, 0.29) is 23.4 Å². The molecule has 0 bridgehead atoms. The number of hydrogen-bond acceptors (Lipinski definition) is 3. The average Bonchev–Trinajstić information content (AvgIpc) is 3.18. The van der Waals surface area contributed by atoms with Gasteiger partial charge >= 0.3 is 6.36 Å². The summed E-state index contributed by atoms with van der Waals surface area (Å²) in [6.07, 6.45) is -3.86. The Morgan fingerprint density at radius 1 is 0.931 bits per heavy atom. The Labute approximate surface area is 164 Å². The number of aromatic amines is 1. The van der Waals surface area contributed by atoms with Gasteiger partial charge in [-0.2, -0.15) is 5.10 Å². The number of nitrogens with zero attached hydrogens (tertiary/aromatic N) is 1. The summed E-state index contributed by atoms with van der Waals surface area (Å²) in [5, 5.41) is 10.8. The maximum absolute atomic E-state index is 13.1. The van der Waals surface area contributed by atoms with Crippen molar-refractivity contribution in [3.63, 3.8) is 0 Å². The second-order valence-electron chi connectivity index (χ2n) is 7.12. The zero-order valence-electron chi connectivity index (χ0n) is 15.3. The van der Waals surface area contributed by atoms with E-state index in [1.54, 1.807) is 24.3 Å². The molecule has 1 aliphatic rings. The van der Waals surface area contributed by atoms with E-state index in [9.17, 15) is 17.6 Å². The highest BCUT2D eigenvalue weighted by atomic mass is 19.4. The van der Waals surface area contributed by atoms with Crippen LogP contribution in [-0.2, 0) is 0 Å². The third-order valence-corrected chi connectivity index (χ3v) is 5.11. The number of hydrogen-bond donors (Lipinski definition) is 2. The Morgan fingerprint density at radius 2 is 1.62 bits per heavy atom. The minimum atomic E-state index is -4.69. The highest BCUT2D eigenvalue weighted by Gasteiger charge is 2.31. The van der Waals surface area contributed by atoms with E-state index in [2.05, 4.69) is 20.3 Å². The summed E-state index contributed by atoms with van der Waals surface area (Å²) in [4.78, 5) is 0. The lowest BCUT2D eigenvalue weighted by molar-refractivity contribution is -0.274. The second-order valence-corrected chi connectivity index (χ2v) is 7.12. The molecule has 2 atom stereocenters. The molecule has 4 nitrogen and oxygen atoms in total. The fourth-order valence-corrected chi connectivity index (χ4v) is 3.69. The Morgan fingerprint density at radius 3 is 2.31 bits per heavy atom. The van der Waals surface area contributed by atoms with Gasteiger partial charge in [0, 0.05) is 30.3 Å². The van der Waals surface area contributed by atoms with E-state index in [4.69, 9.17) is 0 Å². The molecule has 4 rings (SSSR count). The van der Waals surface area contributed by atoms with Gasteiger partial charge in [0.2, 0.25) is 0 Å². The van der Waals surface area contributed by atoms with Crippen molar-refractivity contribution in [1.29, 1.82) is 0 Å². The number of alkyl halides is 3. The lowest BCUT2D eigenvalue weighted by atomic mass is 9.84. The molecular weight excluding hydrogens is 386 g/mol. The molecule has 2 unspecified atom stereocenters. The molecule has 0 radical (unpaired) electrons. The molecule has 152 valence electrons. The van der Waals surface area contributed by atoms with Gasteiger partial charge < -0.3 is 10.1 Å². The quantitative estimate of drug-likeness (QED) is 0.603. The molecule has 0 saturated carbocycles. The van der Waals surface area contributed by atoms with Crippen molar-refractivity contribution in [1.82, 2.24) is 15.5 Å². The number of piperidine rings is 1. The number of H-pyrrole nitrogens is 1. The summed E-state index contributed by atoms with van der Waals surface area (Å²) < 4.78 is 54.0. The summed E-state index contributed by atoms with van der Waals surface area (Å²) in [6.45, 7) is 1.52. The molecule has 8 heteroatoms. The van der Waals surface area contributed by atoms with Gasteiger partial charge in [-0.25, -0.2) is 4.39 Å². The smallest absolute Gasteiger partial charge is 0.406 e. The molecule has 0 amide bonds. The van der Waals surface area contributed by atoms with Gasteiger partial charge in [0.1, 0.15) is 11.6 Å². The van der Waals surface area contributed by atoms with Crippen LogP contribution in [0.15, 0.2) is 54.6 Å². The monoisotopic (exact) mass is 405 g/mol. The lowest BCUT2D eigenvalue weighted by Crippen LogP contribution is -2.34. The third kappa shape index (κ3) is 4.76. The van der Waals surface area contributed by atoms with Crippen LogP contribution < -0.4 is 10.1 Å². The zero-order chi connectivity index (χ0) is 20.4. The van der Waals surface area contributed by atoms with Crippen LogP contribution in [0.4, 0.5) is 17.6 Å². The minimum Gasteiger partial charge on any atom is -0.406 e. The van der Waals surface area contributed by atoms with Crippen molar-refractivity contribution in [2.45, 2.75) is 24.6 Å².